The Balaban J connectivity index is 2.45. The van der Waals surface area contributed by atoms with Gasteiger partial charge in [-0.05, 0) is 26.2 Å². The van der Waals surface area contributed by atoms with Crippen molar-refractivity contribution in [1.82, 2.24) is 9.80 Å². The summed E-state index contributed by atoms with van der Waals surface area (Å²) in [5, 5.41) is 9.67. The van der Waals surface area contributed by atoms with Crippen LogP contribution in [0.5, 0.6) is 0 Å². The predicted octanol–water partition coefficient (Wildman–Crippen LogP) is 1.11. The maximum Gasteiger partial charge on any atom is 0.237 e. The van der Waals surface area contributed by atoms with E-state index in [1.165, 1.54) is 0 Å². The van der Waals surface area contributed by atoms with Crippen LogP contribution in [0.15, 0.2) is 12.2 Å². The molecule has 0 aromatic carbocycles. The van der Waals surface area contributed by atoms with Gasteiger partial charge in [0, 0.05) is 26.2 Å². The molecule has 1 aliphatic heterocycles. The topological polar surface area (TPSA) is 43.8 Å². The van der Waals surface area contributed by atoms with Crippen LogP contribution in [0, 0.1) is 5.92 Å². The number of aliphatic hydroxyl groups excluding tert-OH is 1. The molecule has 1 rings (SSSR count). The van der Waals surface area contributed by atoms with Crippen LogP contribution in [-0.4, -0.2) is 59.6 Å². The van der Waals surface area contributed by atoms with Gasteiger partial charge in [-0.25, -0.2) is 0 Å². The molecule has 0 saturated carbocycles. The molecule has 1 heterocycles. The molecule has 0 aromatic rings. The van der Waals surface area contributed by atoms with Crippen LogP contribution in [0.4, 0.5) is 0 Å². The monoisotopic (exact) mass is 254 g/mol. The summed E-state index contributed by atoms with van der Waals surface area (Å²) in [6.45, 7) is 13.2. The van der Waals surface area contributed by atoms with E-state index in [-0.39, 0.29) is 17.9 Å². The van der Waals surface area contributed by atoms with Crippen LogP contribution in [0.25, 0.3) is 0 Å². The molecule has 0 spiro atoms. The first-order valence-corrected chi connectivity index (χ1v) is 6.76. The van der Waals surface area contributed by atoms with Gasteiger partial charge in [0.25, 0.3) is 0 Å². The van der Waals surface area contributed by atoms with Crippen molar-refractivity contribution in [3.05, 3.63) is 12.2 Å². The Morgan fingerprint density at radius 1 is 1.56 bits per heavy atom. The molecule has 4 heteroatoms. The van der Waals surface area contributed by atoms with E-state index in [1.807, 2.05) is 25.7 Å². The Hall–Kier alpha value is -0.870. The third-order valence-corrected chi connectivity index (χ3v) is 3.50. The largest absolute Gasteiger partial charge is 0.393 e. The van der Waals surface area contributed by atoms with Gasteiger partial charge < -0.3 is 10.0 Å². The highest BCUT2D eigenvalue weighted by atomic mass is 16.3. The van der Waals surface area contributed by atoms with Gasteiger partial charge in [0.05, 0.1) is 12.6 Å². The highest BCUT2D eigenvalue weighted by Gasteiger charge is 2.26. The molecular weight excluding hydrogens is 228 g/mol. The molecule has 2 atom stereocenters. The van der Waals surface area contributed by atoms with Crippen LogP contribution in [0.2, 0.25) is 0 Å². The van der Waals surface area contributed by atoms with Crippen molar-refractivity contribution in [2.45, 2.75) is 33.3 Å². The van der Waals surface area contributed by atoms with Gasteiger partial charge in [0.2, 0.25) is 5.91 Å². The first-order chi connectivity index (χ1) is 8.43. The molecule has 0 aliphatic carbocycles. The third-order valence-electron chi connectivity index (χ3n) is 3.50. The molecule has 104 valence electrons. The Morgan fingerprint density at radius 3 is 2.72 bits per heavy atom. The normalized spacial score (nSPS) is 24.9. The standard InChI is InChI=1S/C14H26N2O2/c1-5-16(8-11(2)3)14(18)10-15-7-6-13(17)12(4)9-15/h12-13,17H,2,5-10H2,1,3-4H3. The minimum Gasteiger partial charge on any atom is -0.393 e. The van der Waals surface area contributed by atoms with Gasteiger partial charge in [-0.1, -0.05) is 19.1 Å². The SMILES string of the molecule is C=C(C)CN(CC)C(=O)CN1CCC(O)C(C)C1. The molecule has 0 radical (unpaired) electrons. The minimum atomic E-state index is -0.214. The molecule has 1 saturated heterocycles. The minimum absolute atomic E-state index is 0.157. The number of piperidine rings is 1. The van der Waals surface area contributed by atoms with Crippen molar-refractivity contribution >= 4 is 5.91 Å². The highest BCUT2D eigenvalue weighted by molar-refractivity contribution is 5.78. The van der Waals surface area contributed by atoms with E-state index in [9.17, 15) is 9.90 Å². The van der Waals surface area contributed by atoms with Gasteiger partial charge in [-0.2, -0.15) is 0 Å². The summed E-state index contributed by atoms with van der Waals surface area (Å²) < 4.78 is 0. The first kappa shape index (κ1) is 15.2. The lowest BCUT2D eigenvalue weighted by Crippen LogP contribution is -2.47. The first-order valence-electron chi connectivity index (χ1n) is 6.76. The van der Waals surface area contributed by atoms with E-state index in [0.29, 0.717) is 13.1 Å². The molecule has 1 aliphatic rings. The van der Waals surface area contributed by atoms with Crippen LogP contribution < -0.4 is 0 Å². The fourth-order valence-corrected chi connectivity index (χ4v) is 2.36. The van der Waals surface area contributed by atoms with Crippen molar-refractivity contribution in [3.63, 3.8) is 0 Å². The van der Waals surface area contributed by atoms with Crippen molar-refractivity contribution in [2.24, 2.45) is 5.92 Å². The molecule has 1 amide bonds. The predicted molar refractivity (Wildman–Crippen MR) is 73.3 cm³/mol. The Labute approximate surface area is 110 Å². The van der Waals surface area contributed by atoms with Crippen LogP contribution in [0.3, 0.4) is 0 Å². The maximum absolute atomic E-state index is 12.1. The fraction of sp³-hybridized carbons (Fsp3) is 0.786. The summed E-state index contributed by atoms with van der Waals surface area (Å²) in [6, 6.07) is 0. The lowest BCUT2D eigenvalue weighted by atomic mass is 9.97. The van der Waals surface area contributed by atoms with Crippen molar-refractivity contribution in [2.75, 3.05) is 32.7 Å². The number of hydrogen-bond donors (Lipinski definition) is 1. The zero-order valence-corrected chi connectivity index (χ0v) is 11.9. The summed E-state index contributed by atoms with van der Waals surface area (Å²) in [7, 11) is 0. The van der Waals surface area contributed by atoms with Crippen molar-refractivity contribution in [3.8, 4) is 0 Å². The van der Waals surface area contributed by atoms with E-state index in [1.54, 1.807) is 0 Å². The molecule has 18 heavy (non-hydrogen) atoms. The van der Waals surface area contributed by atoms with E-state index in [0.717, 1.165) is 31.6 Å². The number of likely N-dealkylation sites (tertiary alicyclic amines) is 1. The van der Waals surface area contributed by atoms with Gasteiger partial charge in [0.15, 0.2) is 0 Å². The molecule has 1 fully saturated rings. The molecule has 1 N–H and O–H groups in total. The number of rotatable bonds is 5. The molecule has 2 unspecified atom stereocenters. The van der Waals surface area contributed by atoms with Gasteiger partial charge in [-0.15, -0.1) is 0 Å². The fourth-order valence-electron chi connectivity index (χ4n) is 2.36. The summed E-state index contributed by atoms with van der Waals surface area (Å²) in [5.74, 6) is 0.409. The van der Waals surface area contributed by atoms with Crippen LogP contribution in [-0.2, 0) is 4.79 Å². The quantitative estimate of drug-likeness (QED) is 0.748. The highest BCUT2D eigenvalue weighted by Crippen LogP contribution is 2.16. The second kappa shape index (κ2) is 6.90. The second-order valence-corrected chi connectivity index (χ2v) is 5.43. The van der Waals surface area contributed by atoms with Gasteiger partial charge in [-0.3, -0.25) is 9.69 Å². The van der Waals surface area contributed by atoms with E-state index in [2.05, 4.69) is 11.5 Å². The molecule has 0 aromatic heterocycles. The zero-order valence-electron chi connectivity index (χ0n) is 11.9. The number of carbonyl (C=O) groups is 1. The number of aliphatic hydroxyl groups is 1. The average molecular weight is 254 g/mol. The van der Waals surface area contributed by atoms with Crippen molar-refractivity contribution in [1.29, 1.82) is 0 Å². The second-order valence-electron chi connectivity index (χ2n) is 5.43. The van der Waals surface area contributed by atoms with E-state index in [4.69, 9.17) is 0 Å². The van der Waals surface area contributed by atoms with Crippen LogP contribution >= 0.6 is 0 Å². The Kier molecular flexibility index (Phi) is 5.82. The Bertz CT molecular complexity index is 304. The summed E-state index contributed by atoms with van der Waals surface area (Å²) in [6.07, 6.45) is 0.551. The lowest BCUT2D eigenvalue weighted by Gasteiger charge is -2.35. The number of carbonyl (C=O) groups excluding carboxylic acids is 1. The number of likely N-dealkylation sites (N-methyl/N-ethyl adjacent to an activating group) is 1. The summed E-state index contributed by atoms with van der Waals surface area (Å²) in [5.41, 5.74) is 1.01. The summed E-state index contributed by atoms with van der Waals surface area (Å²) in [4.78, 5) is 16.1. The average Bonchev–Trinajstić information content (AvgIpc) is 2.30. The summed E-state index contributed by atoms with van der Waals surface area (Å²) >= 11 is 0. The number of hydrogen-bond acceptors (Lipinski definition) is 3. The van der Waals surface area contributed by atoms with Gasteiger partial charge >= 0.3 is 0 Å². The molecule has 0 bridgehead atoms. The Morgan fingerprint density at radius 2 is 2.22 bits per heavy atom. The third kappa shape index (κ3) is 4.42. The van der Waals surface area contributed by atoms with E-state index >= 15 is 0 Å². The molecule has 4 nitrogen and oxygen atoms in total. The smallest absolute Gasteiger partial charge is 0.237 e. The number of amides is 1. The zero-order chi connectivity index (χ0) is 13.7. The lowest BCUT2D eigenvalue weighted by molar-refractivity contribution is -0.132. The van der Waals surface area contributed by atoms with E-state index < -0.39 is 0 Å². The number of nitrogens with zero attached hydrogens (tertiary/aromatic N) is 2. The van der Waals surface area contributed by atoms with Crippen LogP contribution in [0.1, 0.15) is 27.2 Å². The maximum atomic E-state index is 12.1. The molecular formula is C14H26N2O2. The van der Waals surface area contributed by atoms with Gasteiger partial charge in [0.1, 0.15) is 0 Å². The van der Waals surface area contributed by atoms with Crippen molar-refractivity contribution < 1.29 is 9.90 Å².